The molecule has 118 valence electrons. The Labute approximate surface area is 135 Å². The molecule has 5 nitrogen and oxygen atoms in total. The molecule has 1 fully saturated rings. The smallest absolute Gasteiger partial charge is 0.322 e. The van der Waals surface area contributed by atoms with Gasteiger partial charge in [0.1, 0.15) is 5.82 Å². The molecule has 1 aliphatic carbocycles. The van der Waals surface area contributed by atoms with Crippen molar-refractivity contribution in [1.29, 1.82) is 0 Å². The van der Waals surface area contributed by atoms with Crippen molar-refractivity contribution >= 4 is 23.3 Å². The predicted molar refractivity (Wildman–Crippen MR) is 81.1 cm³/mol. The largest absolute Gasteiger partial charge is 0.418 e. The lowest BCUT2D eigenvalue weighted by Crippen LogP contribution is -2.26. The zero-order valence-electron chi connectivity index (χ0n) is 11.8. The zero-order chi connectivity index (χ0) is 16.6. The fourth-order valence-corrected chi connectivity index (χ4v) is 2.63. The van der Waals surface area contributed by atoms with Crippen LogP contribution in [-0.2, 0) is 10.2 Å². The summed E-state index contributed by atoms with van der Waals surface area (Å²) in [6.07, 6.45) is 1.10. The van der Waals surface area contributed by atoms with Crippen LogP contribution in [0.1, 0.15) is 18.4 Å². The van der Waals surface area contributed by atoms with Gasteiger partial charge in [-0.25, -0.2) is 4.39 Å². The van der Waals surface area contributed by atoms with E-state index in [9.17, 15) is 19.3 Å². The number of hydrogen-bond acceptors (Lipinski definition) is 4. The van der Waals surface area contributed by atoms with E-state index in [0.717, 1.165) is 18.2 Å². The first-order valence-corrected chi connectivity index (χ1v) is 7.22. The van der Waals surface area contributed by atoms with E-state index in [4.69, 9.17) is 16.3 Å². The van der Waals surface area contributed by atoms with Crippen LogP contribution in [0.15, 0.2) is 42.5 Å². The number of ether oxygens (including phenoxy) is 1. The third-order valence-corrected chi connectivity index (χ3v) is 4.07. The third-order valence-electron chi connectivity index (χ3n) is 3.84. The van der Waals surface area contributed by atoms with E-state index in [1.165, 1.54) is 0 Å². The van der Waals surface area contributed by atoms with Crippen LogP contribution in [-0.4, -0.2) is 10.9 Å². The maximum Gasteiger partial charge on any atom is 0.322 e. The normalized spacial score (nSPS) is 15.0. The molecule has 23 heavy (non-hydrogen) atoms. The minimum Gasteiger partial charge on any atom is -0.418 e. The Bertz CT molecular complexity index is 804. The van der Waals surface area contributed by atoms with Gasteiger partial charge in [0.15, 0.2) is 0 Å². The number of carbonyl (C=O) groups is 1. The molecule has 2 aromatic carbocycles. The Morgan fingerprint density at radius 2 is 2.00 bits per heavy atom. The molecule has 0 aliphatic heterocycles. The van der Waals surface area contributed by atoms with E-state index >= 15 is 0 Å². The van der Waals surface area contributed by atoms with Gasteiger partial charge in [-0.15, -0.1) is 0 Å². The van der Waals surface area contributed by atoms with Crippen molar-refractivity contribution in [3.63, 3.8) is 0 Å². The van der Waals surface area contributed by atoms with Gasteiger partial charge in [0.2, 0.25) is 5.75 Å². The molecule has 0 N–H and O–H groups in total. The van der Waals surface area contributed by atoms with Crippen LogP contribution in [0.3, 0.4) is 0 Å². The van der Waals surface area contributed by atoms with Gasteiger partial charge in [0.05, 0.1) is 10.3 Å². The van der Waals surface area contributed by atoms with Gasteiger partial charge in [0.25, 0.3) is 0 Å². The zero-order valence-corrected chi connectivity index (χ0v) is 12.5. The maximum absolute atomic E-state index is 13.3. The molecule has 0 bridgehead atoms. The van der Waals surface area contributed by atoms with Gasteiger partial charge in [-0.1, -0.05) is 23.7 Å². The Balaban J connectivity index is 1.91. The van der Waals surface area contributed by atoms with Crippen LogP contribution in [0.4, 0.5) is 10.1 Å². The molecule has 1 saturated carbocycles. The molecule has 1 aliphatic rings. The SMILES string of the molecule is O=C(Oc1cc(F)ccc1[N+](=O)[O-])C1(c2cccc(Cl)c2)CC1. The van der Waals surface area contributed by atoms with Crippen molar-refractivity contribution in [1.82, 2.24) is 0 Å². The summed E-state index contributed by atoms with van der Waals surface area (Å²) in [5.41, 5.74) is -0.638. The van der Waals surface area contributed by atoms with Crippen LogP contribution in [0.25, 0.3) is 0 Å². The molecule has 0 atom stereocenters. The topological polar surface area (TPSA) is 69.4 Å². The van der Waals surface area contributed by atoms with Crippen LogP contribution in [0.2, 0.25) is 5.02 Å². The first kappa shape index (κ1) is 15.4. The summed E-state index contributed by atoms with van der Waals surface area (Å²) >= 11 is 5.94. The number of carbonyl (C=O) groups excluding carboxylic acids is 1. The molecule has 0 heterocycles. The lowest BCUT2D eigenvalue weighted by molar-refractivity contribution is -0.385. The standard InChI is InChI=1S/C16H11ClFNO4/c17-11-3-1-2-10(8-11)16(6-7-16)15(20)23-14-9-12(18)4-5-13(14)19(21)22/h1-5,8-9H,6-7H2. The number of esters is 1. The molecule has 2 aromatic rings. The maximum atomic E-state index is 13.3. The van der Waals surface area contributed by atoms with Crippen molar-refractivity contribution in [3.05, 3.63) is 69.0 Å². The van der Waals surface area contributed by atoms with Crippen LogP contribution >= 0.6 is 11.6 Å². The highest BCUT2D eigenvalue weighted by atomic mass is 35.5. The lowest BCUT2D eigenvalue weighted by Gasteiger charge is -2.15. The Kier molecular flexibility index (Phi) is 3.77. The molecule has 7 heteroatoms. The van der Waals surface area contributed by atoms with Crippen molar-refractivity contribution < 1.29 is 18.8 Å². The Morgan fingerprint density at radius 1 is 1.26 bits per heavy atom. The van der Waals surface area contributed by atoms with Gasteiger partial charge in [0, 0.05) is 17.2 Å². The minimum atomic E-state index is -0.870. The number of nitro benzene ring substituents is 1. The quantitative estimate of drug-likeness (QED) is 0.366. The fraction of sp³-hybridized carbons (Fsp3) is 0.188. The summed E-state index contributed by atoms with van der Waals surface area (Å²) in [5, 5.41) is 11.5. The van der Waals surface area contributed by atoms with E-state index in [1.54, 1.807) is 24.3 Å². The third kappa shape index (κ3) is 2.90. The number of nitro groups is 1. The summed E-state index contributed by atoms with van der Waals surface area (Å²) in [4.78, 5) is 22.7. The van der Waals surface area contributed by atoms with E-state index in [-0.39, 0.29) is 0 Å². The molecule has 0 spiro atoms. The van der Waals surface area contributed by atoms with Gasteiger partial charge in [-0.3, -0.25) is 14.9 Å². The lowest BCUT2D eigenvalue weighted by atomic mass is 9.96. The van der Waals surface area contributed by atoms with Gasteiger partial charge in [-0.05, 0) is 36.6 Å². The van der Waals surface area contributed by atoms with Gasteiger partial charge < -0.3 is 4.74 Å². The summed E-state index contributed by atoms with van der Waals surface area (Å²) in [6, 6.07) is 9.57. The number of benzene rings is 2. The van der Waals surface area contributed by atoms with Crippen LogP contribution in [0.5, 0.6) is 5.75 Å². The second-order valence-electron chi connectivity index (χ2n) is 5.35. The molecule has 0 saturated heterocycles. The van der Waals surface area contributed by atoms with Crippen molar-refractivity contribution in [2.24, 2.45) is 0 Å². The van der Waals surface area contributed by atoms with E-state index in [0.29, 0.717) is 23.4 Å². The highest BCUT2D eigenvalue weighted by molar-refractivity contribution is 6.30. The van der Waals surface area contributed by atoms with Gasteiger partial charge >= 0.3 is 11.7 Å². The predicted octanol–water partition coefficient (Wildman–Crippen LogP) is 4.02. The van der Waals surface area contributed by atoms with Crippen LogP contribution in [0, 0.1) is 15.9 Å². The summed E-state index contributed by atoms with van der Waals surface area (Å²) < 4.78 is 18.5. The summed E-state index contributed by atoms with van der Waals surface area (Å²) in [7, 11) is 0. The van der Waals surface area contributed by atoms with E-state index < -0.39 is 33.6 Å². The first-order chi connectivity index (χ1) is 10.9. The highest BCUT2D eigenvalue weighted by Gasteiger charge is 2.53. The van der Waals surface area contributed by atoms with E-state index in [1.807, 2.05) is 0 Å². The second kappa shape index (κ2) is 5.62. The average molecular weight is 336 g/mol. The monoisotopic (exact) mass is 335 g/mol. The summed E-state index contributed by atoms with van der Waals surface area (Å²) in [6.45, 7) is 0. The van der Waals surface area contributed by atoms with Gasteiger partial charge in [-0.2, -0.15) is 0 Å². The number of nitrogens with zero attached hydrogens (tertiary/aromatic N) is 1. The van der Waals surface area contributed by atoms with Crippen molar-refractivity contribution in [3.8, 4) is 5.75 Å². The molecule has 3 rings (SSSR count). The molecule has 0 unspecified atom stereocenters. The van der Waals surface area contributed by atoms with Crippen molar-refractivity contribution in [2.75, 3.05) is 0 Å². The molecular weight excluding hydrogens is 325 g/mol. The first-order valence-electron chi connectivity index (χ1n) is 6.85. The fourth-order valence-electron chi connectivity index (χ4n) is 2.44. The Hall–Kier alpha value is -2.47. The molecule has 0 aromatic heterocycles. The van der Waals surface area contributed by atoms with Crippen molar-refractivity contribution in [2.45, 2.75) is 18.3 Å². The highest BCUT2D eigenvalue weighted by Crippen LogP contribution is 2.50. The summed E-state index contributed by atoms with van der Waals surface area (Å²) in [5.74, 6) is -1.76. The van der Waals surface area contributed by atoms with Crippen LogP contribution < -0.4 is 4.74 Å². The second-order valence-corrected chi connectivity index (χ2v) is 5.79. The number of rotatable bonds is 4. The number of halogens is 2. The molecule has 0 amide bonds. The Morgan fingerprint density at radius 3 is 2.61 bits per heavy atom. The average Bonchev–Trinajstić information content (AvgIpc) is 3.28. The molecule has 0 radical (unpaired) electrons. The molecular formula is C16H11ClFNO4. The van der Waals surface area contributed by atoms with E-state index in [2.05, 4.69) is 0 Å². The minimum absolute atomic E-state index is 0.395. The number of hydrogen-bond donors (Lipinski definition) is 0.